The lowest BCUT2D eigenvalue weighted by molar-refractivity contribution is 0.102. The van der Waals surface area contributed by atoms with Gasteiger partial charge >= 0.3 is 0 Å². The summed E-state index contributed by atoms with van der Waals surface area (Å²) >= 11 is 5.83. The van der Waals surface area contributed by atoms with E-state index in [4.69, 9.17) is 11.6 Å². The van der Waals surface area contributed by atoms with Gasteiger partial charge in [-0.15, -0.1) is 0 Å². The van der Waals surface area contributed by atoms with Gasteiger partial charge in [0.05, 0.1) is 4.90 Å². The van der Waals surface area contributed by atoms with Crippen molar-refractivity contribution in [2.24, 2.45) is 0 Å². The normalized spacial score (nSPS) is 11.0. The molecule has 0 heterocycles. The zero-order chi connectivity index (χ0) is 21.0. The van der Waals surface area contributed by atoms with E-state index in [1.54, 1.807) is 43.3 Å². The number of nitrogens with one attached hydrogen (secondary N) is 2. The molecule has 0 aliphatic heterocycles. The highest BCUT2D eigenvalue weighted by molar-refractivity contribution is 7.92. The minimum atomic E-state index is -3.87. The molecule has 29 heavy (non-hydrogen) atoms. The lowest BCUT2D eigenvalue weighted by Crippen LogP contribution is -2.16. The van der Waals surface area contributed by atoms with Crippen LogP contribution in [0.4, 0.5) is 11.4 Å². The Morgan fingerprint density at radius 2 is 1.55 bits per heavy atom. The van der Waals surface area contributed by atoms with Gasteiger partial charge in [0, 0.05) is 27.5 Å². The number of amides is 1. The zero-order valence-electron chi connectivity index (χ0n) is 15.3. The monoisotopic (exact) mass is 428 g/mol. The highest BCUT2D eigenvalue weighted by Crippen LogP contribution is 2.24. The summed E-state index contributed by atoms with van der Waals surface area (Å²) in [5, 5.41) is 3.17. The van der Waals surface area contributed by atoms with E-state index >= 15 is 0 Å². The van der Waals surface area contributed by atoms with E-state index in [1.807, 2.05) is 0 Å². The first-order chi connectivity index (χ1) is 13.8. The molecule has 0 spiro atoms. The number of rotatable bonds is 6. The van der Waals surface area contributed by atoms with Crippen molar-refractivity contribution in [3.63, 3.8) is 0 Å². The molecule has 0 aliphatic rings. The molecule has 1 amide bonds. The minimum Gasteiger partial charge on any atom is -0.322 e. The predicted molar refractivity (Wildman–Crippen MR) is 113 cm³/mol. The summed E-state index contributed by atoms with van der Waals surface area (Å²) in [4.78, 5) is 23.2. The van der Waals surface area contributed by atoms with Crippen LogP contribution in [0.3, 0.4) is 0 Å². The largest absolute Gasteiger partial charge is 0.322 e. The van der Waals surface area contributed by atoms with E-state index in [0.29, 0.717) is 39.4 Å². The Bertz CT molecular complexity index is 1160. The second-order valence-electron chi connectivity index (χ2n) is 6.29. The van der Waals surface area contributed by atoms with Crippen LogP contribution in [0.1, 0.15) is 26.3 Å². The van der Waals surface area contributed by atoms with Gasteiger partial charge < -0.3 is 5.32 Å². The zero-order valence-corrected chi connectivity index (χ0v) is 16.9. The number of halogens is 1. The first-order valence-corrected chi connectivity index (χ1v) is 10.4. The van der Waals surface area contributed by atoms with Crippen molar-refractivity contribution in [2.75, 3.05) is 10.0 Å². The van der Waals surface area contributed by atoms with Crippen molar-refractivity contribution in [3.8, 4) is 0 Å². The molecule has 0 aliphatic carbocycles. The lowest BCUT2D eigenvalue weighted by atomic mass is 10.1. The average Bonchev–Trinajstić information content (AvgIpc) is 2.71. The van der Waals surface area contributed by atoms with Gasteiger partial charge in [0.2, 0.25) is 0 Å². The number of carbonyl (C=O) groups is 2. The quantitative estimate of drug-likeness (QED) is 0.565. The van der Waals surface area contributed by atoms with Crippen LogP contribution in [0.15, 0.2) is 71.6 Å². The number of sulfonamides is 1. The standard InChI is InChI=1S/C21H17ClN2O4S/c1-14-2-9-19(23-21(26)16-5-3-15(13-25)4-6-16)12-20(14)29(27,28)24-18-10-7-17(22)8-11-18/h2-13,24H,1H3,(H,23,26). The van der Waals surface area contributed by atoms with Gasteiger partial charge in [-0.1, -0.05) is 29.8 Å². The summed E-state index contributed by atoms with van der Waals surface area (Å²) in [6, 6.07) is 17.0. The fraction of sp³-hybridized carbons (Fsp3) is 0.0476. The molecule has 3 aromatic rings. The third kappa shape index (κ3) is 5.01. The topological polar surface area (TPSA) is 92.3 Å². The molecule has 3 aromatic carbocycles. The average molecular weight is 429 g/mol. The molecule has 3 rings (SSSR count). The third-order valence-corrected chi connectivity index (χ3v) is 5.92. The first-order valence-electron chi connectivity index (χ1n) is 8.54. The van der Waals surface area contributed by atoms with Crippen LogP contribution >= 0.6 is 11.6 Å². The molecule has 0 saturated heterocycles. The van der Waals surface area contributed by atoms with Crippen molar-refractivity contribution in [1.29, 1.82) is 0 Å². The molecular weight excluding hydrogens is 412 g/mol. The van der Waals surface area contributed by atoms with E-state index in [0.717, 1.165) is 0 Å². The summed E-state index contributed by atoms with van der Waals surface area (Å²) in [7, 11) is -3.87. The Kier molecular flexibility index (Phi) is 6.00. The van der Waals surface area contributed by atoms with E-state index in [9.17, 15) is 18.0 Å². The molecule has 0 radical (unpaired) electrons. The highest BCUT2D eigenvalue weighted by Gasteiger charge is 2.18. The van der Waals surface area contributed by atoms with Gasteiger partial charge in [-0.3, -0.25) is 14.3 Å². The van der Waals surface area contributed by atoms with Gasteiger partial charge in [0.15, 0.2) is 0 Å². The van der Waals surface area contributed by atoms with Crippen molar-refractivity contribution in [3.05, 3.63) is 88.4 Å². The summed E-state index contributed by atoms with van der Waals surface area (Å²) < 4.78 is 28.1. The first kappa shape index (κ1) is 20.6. The van der Waals surface area contributed by atoms with E-state index in [-0.39, 0.29) is 4.90 Å². The van der Waals surface area contributed by atoms with Crippen molar-refractivity contribution >= 4 is 45.2 Å². The van der Waals surface area contributed by atoms with Crippen LogP contribution in [0.5, 0.6) is 0 Å². The van der Waals surface area contributed by atoms with E-state index in [1.165, 1.54) is 30.3 Å². The van der Waals surface area contributed by atoms with Crippen LogP contribution in [0, 0.1) is 6.92 Å². The van der Waals surface area contributed by atoms with Gasteiger partial charge in [-0.05, 0) is 61.0 Å². The molecule has 0 bridgehead atoms. The molecule has 0 atom stereocenters. The maximum atomic E-state index is 12.8. The summed E-state index contributed by atoms with van der Waals surface area (Å²) in [6.07, 6.45) is 0.687. The number of benzene rings is 3. The Labute approximate surface area is 173 Å². The van der Waals surface area contributed by atoms with Gasteiger partial charge in [-0.2, -0.15) is 0 Å². The van der Waals surface area contributed by atoms with Gasteiger partial charge in [-0.25, -0.2) is 8.42 Å². The number of aryl methyl sites for hydroxylation is 1. The second-order valence-corrected chi connectivity index (χ2v) is 8.37. The van der Waals surface area contributed by atoms with Crippen molar-refractivity contribution in [1.82, 2.24) is 0 Å². The maximum absolute atomic E-state index is 12.8. The number of carbonyl (C=O) groups excluding carboxylic acids is 2. The Morgan fingerprint density at radius 1 is 0.931 bits per heavy atom. The maximum Gasteiger partial charge on any atom is 0.262 e. The fourth-order valence-corrected chi connectivity index (χ4v) is 4.07. The SMILES string of the molecule is Cc1ccc(NC(=O)c2ccc(C=O)cc2)cc1S(=O)(=O)Nc1ccc(Cl)cc1. The fourth-order valence-electron chi connectivity index (χ4n) is 2.61. The second kappa shape index (κ2) is 8.46. The van der Waals surface area contributed by atoms with E-state index in [2.05, 4.69) is 10.0 Å². The molecule has 6 nitrogen and oxygen atoms in total. The third-order valence-electron chi connectivity index (χ3n) is 4.14. The molecular formula is C21H17ClN2O4S. The lowest BCUT2D eigenvalue weighted by Gasteiger charge is -2.13. The molecule has 8 heteroatoms. The Hall–Kier alpha value is -3.16. The van der Waals surface area contributed by atoms with E-state index < -0.39 is 15.9 Å². The molecule has 0 saturated carbocycles. The molecule has 148 valence electrons. The minimum absolute atomic E-state index is 0.0431. The van der Waals surface area contributed by atoms with Gasteiger partial charge in [0.25, 0.3) is 15.9 Å². The van der Waals surface area contributed by atoms with Crippen molar-refractivity contribution < 1.29 is 18.0 Å². The van der Waals surface area contributed by atoms with Crippen LogP contribution in [-0.4, -0.2) is 20.6 Å². The number of aldehydes is 1. The Morgan fingerprint density at radius 3 is 2.17 bits per heavy atom. The van der Waals surface area contributed by atoms with Crippen LogP contribution in [0.25, 0.3) is 0 Å². The summed E-state index contributed by atoms with van der Waals surface area (Å²) in [5.41, 5.74) is 2.04. The molecule has 0 unspecified atom stereocenters. The number of anilines is 2. The van der Waals surface area contributed by atoms with Gasteiger partial charge in [0.1, 0.15) is 6.29 Å². The highest BCUT2D eigenvalue weighted by atomic mass is 35.5. The smallest absolute Gasteiger partial charge is 0.262 e. The number of hydrogen-bond acceptors (Lipinski definition) is 4. The molecule has 0 fully saturated rings. The summed E-state index contributed by atoms with van der Waals surface area (Å²) in [5.74, 6) is -0.416. The number of hydrogen-bond donors (Lipinski definition) is 2. The summed E-state index contributed by atoms with van der Waals surface area (Å²) in [6.45, 7) is 1.67. The van der Waals surface area contributed by atoms with Crippen LogP contribution < -0.4 is 10.0 Å². The molecule has 0 aromatic heterocycles. The van der Waals surface area contributed by atoms with Crippen LogP contribution in [0.2, 0.25) is 5.02 Å². The predicted octanol–water partition coefficient (Wildman–Crippen LogP) is 4.51. The van der Waals surface area contributed by atoms with Crippen molar-refractivity contribution in [2.45, 2.75) is 11.8 Å². The molecule has 2 N–H and O–H groups in total. The van der Waals surface area contributed by atoms with Crippen LogP contribution in [-0.2, 0) is 10.0 Å². The Balaban J connectivity index is 1.83.